The highest BCUT2D eigenvalue weighted by Gasteiger charge is 2.21. The van der Waals surface area contributed by atoms with Crippen LogP contribution in [0.15, 0.2) is 54.7 Å². The zero-order chi connectivity index (χ0) is 19.5. The van der Waals surface area contributed by atoms with Gasteiger partial charge in [-0.15, -0.1) is 0 Å². The molecule has 144 valence electrons. The van der Waals surface area contributed by atoms with Crippen molar-refractivity contribution < 1.29 is 0 Å². The van der Waals surface area contributed by atoms with Gasteiger partial charge in [-0.3, -0.25) is 4.98 Å². The van der Waals surface area contributed by atoms with Gasteiger partial charge < -0.3 is 15.5 Å². The molecule has 2 heterocycles. The second kappa shape index (κ2) is 8.33. The van der Waals surface area contributed by atoms with Crippen molar-refractivity contribution >= 4 is 51.2 Å². The molecule has 1 aromatic heterocycles. The average molecular weight is 411 g/mol. The van der Waals surface area contributed by atoms with Crippen LogP contribution in [0.2, 0.25) is 5.02 Å². The average Bonchev–Trinajstić information content (AvgIpc) is 2.70. The molecular weight excluding hydrogens is 388 g/mol. The number of thiocarbonyl (C=S) groups is 1. The number of benzene rings is 2. The number of aromatic nitrogens is 1. The number of rotatable bonds is 3. The quantitative estimate of drug-likeness (QED) is 0.584. The van der Waals surface area contributed by atoms with E-state index in [0.29, 0.717) is 16.2 Å². The van der Waals surface area contributed by atoms with Crippen LogP contribution in [0.5, 0.6) is 0 Å². The van der Waals surface area contributed by atoms with Gasteiger partial charge in [-0.1, -0.05) is 41.4 Å². The van der Waals surface area contributed by atoms with Crippen molar-refractivity contribution in [3.63, 3.8) is 0 Å². The zero-order valence-corrected chi connectivity index (χ0v) is 17.4. The van der Waals surface area contributed by atoms with Crippen LogP contribution in [0.25, 0.3) is 10.9 Å². The maximum atomic E-state index is 6.31. The van der Waals surface area contributed by atoms with Crippen molar-refractivity contribution in [1.29, 1.82) is 0 Å². The number of pyridine rings is 1. The third-order valence-corrected chi connectivity index (χ3v) is 5.70. The Morgan fingerprint density at radius 1 is 1.11 bits per heavy atom. The molecule has 3 aromatic rings. The number of hydrogen-bond donors (Lipinski definition) is 2. The minimum absolute atomic E-state index is 0.374. The van der Waals surface area contributed by atoms with Gasteiger partial charge in [0.2, 0.25) is 0 Å². The number of piperidine rings is 1. The molecular formula is C22H23ClN4S. The van der Waals surface area contributed by atoms with Gasteiger partial charge in [0, 0.05) is 42.1 Å². The predicted molar refractivity (Wildman–Crippen MR) is 123 cm³/mol. The van der Waals surface area contributed by atoms with Gasteiger partial charge in [0.05, 0.1) is 10.5 Å². The highest BCUT2D eigenvalue weighted by atomic mass is 35.5. The molecule has 0 atom stereocenters. The van der Waals surface area contributed by atoms with Crippen LogP contribution >= 0.6 is 23.8 Å². The first-order valence-corrected chi connectivity index (χ1v) is 10.3. The number of anilines is 2. The standard InChI is InChI=1S/C22H23ClN4S/c1-15-5-7-16(8-6-15)25-22(28)26-17-10-13-27(14-11-17)20-9-12-24-21-18(20)3-2-4-19(21)23/h2-9,12,17H,10-11,13-14H2,1H3,(H2,25,26,28). The molecule has 0 amide bonds. The van der Waals surface area contributed by atoms with E-state index in [9.17, 15) is 0 Å². The summed E-state index contributed by atoms with van der Waals surface area (Å²) in [6, 6.07) is 16.7. The van der Waals surface area contributed by atoms with Crippen molar-refractivity contribution in [2.75, 3.05) is 23.3 Å². The van der Waals surface area contributed by atoms with Crippen molar-refractivity contribution in [1.82, 2.24) is 10.3 Å². The Balaban J connectivity index is 1.37. The molecule has 2 aromatic carbocycles. The maximum absolute atomic E-state index is 6.31. The van der Waals surface area contributed by atoms with E-state index in [-0.39, 0.29) is 0 Å². The second-order valence-electron chi connectivity index (χ2n) is 7.19. The minimum atomic E-state index is 0.374. The summed E-state index contributed by atoms with van der Waals surface area (Å²) in [5.74, 6) is 0. The Morgan fingerprint density at radius 2 is 1.86 bits per heavy atom. The fourth-order valence-electron chi connectivity index (χ4n) is 3.66. The molecule has 0 bridgehead atoms. The third-order valence-electron chi connectivity index (χ3n) is 5.18. The molecule has 28 heavy (non-hydrogen) atoms. The van der Waals surface area contributed by atoms with Gasteiger partial charge in [-0.2, -0.15) is 0 Å². The van der Waals surface area contributed by atoms with Gasteiger partial charge >= 0.3 is 0 Å². The molecule has 0 unspecified atom stereocenters. The molecule has 1 saturated heterocycles. The predicted octanol–water partition coefficient (Wildman–Crippen LogP) is 5.15. The Hall–Kier alpha value is -2.37. The van der Waals surface area contributed by atoms with Gasteiger partial charge in [0.15, 0.2) is 5.11 Å². The highest BCUT2D eigenvalue weighted by Crippen LogP contribution is 2.31. The summed E-state index contributed by atoms with van der Waals surface area (Å²) in [5.41, 5.74) is 4.32. The van der Waals surface area contributed by atoms with E-state index < -0.39 is 0 Å². The minimum Gasteiger partial charge on any atom is -0.371 e. The molecule has 1 aliphatic heterocycles. The first-order valence-electron chi connectivity index (χ1n) is 9.52. The van der Waals surface area contributed by atoms with Crippen LogP contribution in [0.4, 0.5) is 11.4 Å². The fraction of sp³-hybridized carbons (Fsp3) is 0.273. The number of hydrogen-bond acceptors (Lipinski definition) is 3. The first-order chi connectivity index (χ1) is 13.6. The van der Waals surface area contributed by atoms with E-state index in [1.807, 2.05) is 30.5 Å². The van der Waals surface area contributed by atoms with Crippen LogP contribution < -0.4 is 15.5 Å². The molecule has 4 rings (SSSR count). The highest BCUT2D eigenvalue weighted by molar-refractivity contribution is 7.80. The Bertz CT molecular complexity index is 981. The van der Waals surface area contributed by atoms with Gasteiger partial charge in [0.25, 0.3) is 0 Å². The fourth-order valence-corrected chi connectivity index (χ4v) is 4.16. The molecule has 0 saturated carbocycles. The lowest BCUT2D eigenvalue weighted by atomic mass is 10.0. The summed E-state index contributed by atoms with van der Waals surface area (Å²) < 4.78 is 0. The lowest BCUT2D eigenvalue weighted by molar-refractivity contribution is 0.468. The molecule has 2 N–H and O–H groups in total. The number of halogens is 1. The second-order valence-corrected chi connectivity index (χ2v) is 8.01. The summed E-state index contributed by atoms with van der Waals surface area (Å²) in [4.78, 5) is 6.85. The summed E-state index contributed by atoms with van der Waals surface area (Å²) in [6.45, 7) is 4.01. The molecule has 1 aliphatic rings. The maximum Gasteiger partial charge on any atom is 0.170 e. The van der Waals surface area contributed by atoms with E-state index in [1.165, 1.54) is 11.3 Å². The van der Waals surface area contributed by atoms with Crippen LogP contribution in [0.1, 0.15) is 18.4 Å². The van der Waals surface area contributed by atoms with Crippen LogP contribution in [0, 0.1) is 6.92 Å². The summed E-state index contributed by atoms with van der Waals surface area (Å²) in [6.07, 6.45) is 3.90. The SMILES string of the molecule is Cc1ccc(NC(=S)NC2CCN(c3ccnc4c(Cl)cccc34)CC2)cc1. The Morgan fingerprint density at radius 3 is 2.61 bits per heavy atom. The number of nitrogens with one attached hydrogen (secondary N) is 2. The topological polar surface area (TPSA) is 40.2 Å². The number of fused-ring (bicyclic) bond motifs is 1. The summed E-state index contributed by atoms with van der Waals surface area (Å²) in [7, 11) is 0. The Labute approximate surface area is 175 Å². The number of nitrogens with zero attached hydrogens (tertiary/aromatic N) is 2. The molecule has 1 fully saturated rings. The van der Waals surface area contributed by atoms with Gasteiger partial charge in [-0.05, 0) is 56.2 Å². The molecule has 0 aliphatic carbocycles. The lowest BCUT2D eigenvalue weighted by Crippen LogP contribution is -2.46. The number of para-hydroxylation sites is 1. The van der Waals surface area contributed by atoms with Crippen LogP contribution in [-0.4, -0.2) is 29.2 Å². The van der Waals surface area contributed by atoms with Crippen molar-refractivity contribution in [2.45, 2.75) is 25.8 Å². The van der Waals surface area contributed by atoms with E-state index in [4.69, 9.17) is 23.8 Å². The largest absolute Gasteiger partial charge is 0.371 e. The van der Waals surface area contributed by atoms with Crippen LogP contribution in [0.3, 0.4) is 0 Å². The molecule has 0 spiro atoms. The normalized spacial score (nSPS) is 14.9. The molecule has 0 radical (unpaired) electrons. The third kappa shape index (κ3) is 4.21. The molecule has 4 nitrogen and oxygen atoms in total. The van der Waals surface area contributed by atoms with Crippen LogP contribution in [-0.2, 0) is 0 Å². The van der Waals surface area contributed by atoms with Gasteiger partial charge in [0.1, 0.15) is 0 Å². The van der Waals surface area contributed by atoms with Crippen molar-refractivity contribution in [3.8, 4) is 0 Å². The number of aryl methyl sites for hydroxylation is 1. The Kier molecular flexibility index (Phi) is 5.64. The van der Waals surface area contributed by atoms with Gasteiger partial charge in [-0.25, -0.2) is 0 Å². The summed E-state index contributed by atoms with van der Waals surface area (Å²) in [5, 5.41) is 9.22. The summed E-state index contributed by atoms with van der Waals surface area (Å²) >= 11 is 11.8. The van der Waals surface area contributed by atoms with Crippen molar-refractivity contribution in [3.05, 3.63) is 65.3 Å². The lowest BCUT2D eigenvalue weighted by Gasteiger charge is -2.35. The monoisotopic (exact) mass is 410 g/mol. The van der Waals surface area contributed by atoms with Crippen molar-refractivity contribution in [2.24, 2.45) is 0 Å². The van der Waals surface area contributed by atoms with E-state index in [1.54, 1.807) is 0 Å². The molecule has 6 heteroatoms. The van der Waals surface area contributed by atoms with E-state index in [0.717, 1.165) is 42.5 Å². The first kappa shape index (κ1) is 19.0. The van der Waals surface area contributed by atoms with E-state index >= 15 is 0 Å². The smallest absolute Gasteiger partial charge is 0.170 e. The zero-order valence-electron chi connectivity index (χ0n) is 15.8. The van der Waals surface area contributed by atoms with E-state index in [2.05, 4.69) is 51.7 Å².